The second kappa shape index (κ2) is 11.8. The first-order valence-corrected chi connectivity index (χ1v) is 13.4. The minimum atomic E-state index is -0.382. The summed E-state index contributed by atoms with van der Waals surface area (Å²) in [6.07, 6.45) is 9.96. The van der Waals surface area contributed by atoms with Gasteiger partial charge in [0.2, 0.25) is 0 Å². The van der Waals surface area contributed by atoms with E-state index in [1.54, 1.807) is 6.07 Å². The molecule has 0 aromatic carbocycles. The molecule has 3 aliphatic rings. The molecule has 196 valence electrons. The molecule has 0 radical (unpaired) electrons. The molecule has 3 fully saturated rings. The Balaban J connectivity index is 1.16. The van der Waals surface area contributed by atoms with E-state index in [9.17, 15) is 4.39 Å². The van der Waals surface area contributed by atoms with Crippen molar-refractivity contribution in [2.24, 2.45) is 5.73 Å². The van der Waals surface area contributed by atoms with Gasteiger partial charge in [0.05, 0.1) is 18.0 Å². The van der Waals surface area contributed by atoms with Gasteiger partial charge in [-0.1, -0.05) is 6.07 Å². The van der Waals surface area contributed by atoms with E-state index in [0.29, 0.717) is 60.8 Å². The molecule has 5 N–H and O–H groups in total. The smallest absolute Gasteiger partial charge is 0.151 e. The van der Waals surface area contributed by atoms with Crippen LogP contribution in [0.4, 0.5) is 16.0 Å². The average Bonchev–Trinajstić information content (AvgIpc) is 3.43. The van der Waals surface area contributed by atoms with Gasteiger partial charge in [0, 0.05) is 56.1 Å². The number of nitrogens with zero attached hydrogens (tertiary/aromatic N) is 2. The third-order valence-corrected chi connectivity index (χ3v) is 7.73. The third-order valence-electron chi connectivity index (χ3n) is 7.73. The van der Waals surface area contributed by atoms with Crippen LogP contribution in [0.5, 0.6) is 0 Å². The predicted octanol–water partition coefficient (Wildman–Crippen LogP) is 3.69. The van der Waals surface area contributed by atoms with Crippen LogP contribution in [0.25, 0.3) is 11.3 Å². The first-order chi connectivity index (χ1) is 17.6. The van der Waals surface area contributed by atoms with Crippen molar-refractivity contribution >= 4 is 11.6 Å². The summed E-state index contributed by atoms with van der Waals surface area (Å²) in [5.41, 5.74) is 7.19. The number of rotatable bonds is 9. The van der Waals surface area contributed by atoms with Crippen LogP contribution >= 0.6 is 0 Å². The van der Waals surface area contributed by atoms with Crippen LogP contribution in [0.3, 0.4) is 0 Å². The van der Waals surface area contributed by atoms with Gasteiger partial charge in [-0.05, 0) is 69.6 Å². The van der Waals surface area contributed by atoms with E-state index in [-0.39, 0.29) is 11.4 Å². The van der Waals surface area contributed by atoms with Crippen LogP contribution in [0, 0.1) is 5.82 Å². The molecule has 0 amide bonds. The zero-order valence-corrected chi connectivity index (χ0v) is 21.0. The maximum absolute atomic E-state index is 14.8. The maximum Gasteiger partial charge on any atom is 0.151 e. The van der Waals surface area contributed by atoms with E-state index in [1.165, 1.54) is 19.0 Å². The highest BCUT2D eigenvalue weighted by atomic mass is 19.1. The normalized spacial score (nSPS) is 26.0. The van der Waals surface area contributed by atoms with Crippen molar-refractivity contribution in [1.82, 2.24) is 15.3 Å². The Bertz CT molecular complexity index is 988. The molecular weight excluding hydrogens is 459 g/mol. The standard InChI is InChI=1S/C27H39FN6O2/c28-23-17-31-26(33-20-8-6-19(7-9-20)30-16-21-3-2-12-36-21)15-22(23)24-4-1-5-25(34-24)32-18-27(29)10-13-35-14-11-27/h1,4-5,15,17,19-21,30H,2-3,6-14,16,18,29H2,(H,31,33)(H,32,34)/t19?,20?,21-/m0/s1. The van der Waals surface area contributed by atoms with Gasteiger partial charge in [0.25, 0.3) is 0 Å². The summed E-state index contributed by atoms with van der Waals surface area (Å²) in [5.74, 6) is 0.987. The molecule has 9 heteroatoms. The second-order valence-corrected chi connectivity index (χ2v) is 10.5. The van der Waals surface area contributed by atoms with E-state index in [4.69, 9.17) is 15.2 Å². The van der Waals surface area contributed by atoms with Gasteiger partial charge in [0.15, 0.2) is 5.82 Å². The molecule has 0 spiro atoms. The molecule has 2 aromatic rings. The molecule has 0 unspecified atom stereocenters. The molecule has 1 saturated carbocycles. The van der Waals surface area contributed by atoms with E-state index in [0.717, 1.165) is 51.7 Å². The minimum Gasteiger partial charge on any atom is -0.381 e. The molecule has 4 heterocycles. The first-order valence-electron chi connectivity index (χ1n) is 13.4. The van der Waals surface area contributed by atoms with Gasteiger partial charge in [-0.2, -0.15) is 0 Å². The summed E-state index contributed by atoms with van der Waals surface area (Å²) >= 11 is 0. The summed E-state index contributed by atoms with van der Waals surface area (Å²) in [4.78, 5) is 8.96. The van der Waals surface area contributed by atoms with Crippen LogP contribution in [0.2, 0.25) is 0 Å². The molecule has 2 aromatic heterocycles. The summed E-state index contributed by atoms with van der Waals surface area (Å²) in [6.45, 7) is 3.81. The zero-order chi connectivity index (χ0) is 24.8. The van der Waals surface area contributed by atoms with Gasteiger partial charge in [-0.25, -0.2) is 14.4 Å². The Morgan fingerprint density at radius 1 is 1.03 bits per heavy atom. The number of pyridine rings is 2. The third kappa shape index (κ3) is 6.70. The second-order valence-electron chi connectivity index (χ2n) is 10.5. The summed E-state index contributed by atoms with van der Waals surface area (Å²) in [5, 5.41) is 10.5. The highest BCUT2D eigenvalue weighted by Crippen LogP contribution is 2.27. The van der Waals surface area contributed by atoms with Crippen molar-refractivity contribution < 1.29 is 13.9 Å². The lowest BCUT2D eigenvalue weighted by atomic mass is 9.91. The van der Waals surface area contributed by atoms with E-state index in [2.05, 4.69) is 25.9 Å². The molecule has 2 aliphatic heterocycles. The van der Waals surface area contributed by atoms with Crippen LogP contribution in [-0.2, 0) is 9.47 Å². The first kappa shape index (κ1) is 25.3. The van der Waals surface area contributed by atoms with Crippen molar-refractivity contribution in [2.45, 2.75) is 75.1 Å². The SMILES string of the molecule is NC1(CNc2cccc(-c3cc(NC4CCC(NC[C@@H]5CCCO5)CC4)ncc3F)n2)CCOCC1. The molecule has 0 bridgehead atoms. The topological polar surface area (TPSA) is 106 Å². The van der Waals surface area contributed by atoms with E-state index >= 15 is 0 Å². The van der Waals surface area contributed by atoms with Crippen LogP contribution < -0.4 is 21.7 Å². The van der Waals surface area contributed by atoms with E-state index in [1.807, 2.05) is 18.2 Å². The Morgan fingerprint density at radius 3 is 2.61 bits per heavy atom. The number of nitrogens with one attached hydrogen (secondary N) is 3. The van der Waals surface area contributed by atoms with Crippen molar-refractivity contribution in [2.75, 3.05) is 43.5 Å². The number of ether oxygens (including phenoxy) is 2. The molecule has 36 heavy (non-hydrogen) atoms. The van der Waals surface area contributed by atoms with Crippen molar-refractivity contribution in [1.29, 1.82) is 0 Å². The number of aromatic nitrogens is 2. The molecule has 2 saturated heterocycles. The number of hydrogen-bond acceptors (Lipinski definition) is 8. The molecule has 8 nitrogen and oxygen atoms in total. The van der Waals surface area contributed by atoms with Crippen molar-refractivity contribution in [3.8, 4) is 11.3 Å². The molecule has 1 aliphatic carbocycles. The van der Waals surface area contributed by atoms with Crippen LogP contribution in [0.15, 0.2) is 30.5 Å². The zero-order valence-electron chi connectivity index (χ0n) is 21.0. The Hall–Kier alpha value is -2.33. The predicted molar refractivity (Wildman–Crippen MR) is 140 cm³/mol. The fourth-order valence-corrected chi connectivity index (χ4v) is 5.37. The van der Waals surface area contributed by atoms with Gasteiger partial charge in [-0.15, -0.1) is 0 Å². The Labute approximate surface area is 212 Å². The van der Waals surface area contributed by atoms with Gasteiger partial charge in [0.1, 0.15) is 11.6 Å². The van der Waals surface area contributed by atoms with Crippen LogP contribution in [-0.4, -0.2) is 66.6 Å². The lowest BCUT2D eigenvalue weighted by molar-refractivity contribution is 0.0574. The van der Waals surface area contributed by atoms with Gasteiger partial charge < -0.3 is 31.2 Å². The lowest BCUT2D eigenvalue weighted by Gasteiger charge is -2.33. The summed E-state index contributed by atoms with van der Waals surface area (Å²) < 4.78 is 25.9. The largest absolute Gasteiger partial charge is 0.381 e. The highest BCUT2D eigenvalue weighted by molar-refractivity contribution is 5.65. The molecular formula is C27H39FN6O2. The van der Waals surface area contributed by atoms with Crippen molar-refractivity contribution in [3.63, 3.8) is 0 Å². The van der Waals surface area contributed by atoms with E-state index < -0.39 is 0 Å². The van der Waals surface area contributed by atoms with Gasteiger partial charge in [-0.3, -0.25) is 0 Å². The Kier molecular flexibility index (Phi) is 8.31. The fraction of sp³-hybridized carbons (Fsp3) is 0.630. The number of anilines is 2. The number of nitrogens with two attached hydrogens (primary N) is 1. The van der Waals surface area contributed by atoms with Gasteiger partial charge >= 0.3 is 0 Å². The quantitative estimate of drug-likeness (QED) is 0.415. The lowest BCUT2D eigenvalue weighted by Crippen LogP contribution is -2.50. The minimum absolute atomic E-state index is 0.312. The average molecular weight is 499 g/mol. The highest BCUT2D eigenvalue weighted by Gasteiger charge is 2.28. The monoisotopic (exact) mass is 498 g/mol. The molecule has 5 rings (SSSR count). The summed E-state index contributed by atoms with van der Waals surface area (Å²) in [7, 11) is 0. The Morgan fingerprint density at radius 2 is 1.83 bits per heavy atom. The molecule has 1 atom stereocenters. The fourth-order valence-electron chi connectivity index (χ4n) is 5.37. The van der Waals surface area contributed by atoms with Crippen molar-refractivity contribution in [3.05, 3.63) is 36.3 Å². The maximum atomic E-state index is 14.8. The summed E-state index contributed by atoms with van der Waals surface area (Å²) in [6, 6.07) is 8.23. The van der Waals surface area contributed by atoms with Crippen LogP contribution in [0.1, 0.15) is 51.4 Å². The number of hydrogen-bond donors (Lipinski definition) is 4. The number of halogens is 1.